The fourth-order valence-electron chi connectivity index (χ4n) is 2.60. The van der Waals surface area contributed by atoms with Gasteiger partial charge in [-0.15, -0.1) is 0 Å². The van der Waals surface area contributed by atoms with Crippen LogP contribution in [0, 0.1) is 0 Å². The van der Waals surface area contributed by atoms with Crippen molar-refractivity contribution in [3.05, 3.63) is 29.8 Å². The van der Waals surface area contributed by atoms with Gasteiger partial charge in [-0.3, -0.25) is 14.6 Å². The number of benzene rings is 1. The summed E-state index contributed by atoms with van der Waals surface area (Å²) < 4.78 is 24.6. The van der Waals surface area contributed by atoms with E-state index in [1.807, 2.05) is 29.2 Å². The zero-order valence-corrected chi connectivity index (χ0v) is 12.9. The van der Waals surface area contributed by atoms with Gasteiger partial charge < -0.3 is 5.32 Å². The first-order valence-electron chi connectivity index (χ1n) is 7.68. The summed E-state index contributed by atoms with van der Waals surface area (Å²) in [5.41, 5.74) is 1.99. The van der Waals surface area contributed by atoms with Crippen molar-refractivity contribution in [3.8, 4) is 0 Å². The molecule has 0 radical (unpaired) electrons. The number of amides is 1. The Morgan fingerprint density at radius 2 is 1.91 bits per heavy atom. The van der Waals surface area contributed by atoms with Crippen molar-refractivity contribution in [2.45, 2.75) is 19.8 Å². The van der Waals surface area contributed by atoms with E-state index in [9.17, 15) is 13.6 Å². The minimum absolute atomic E-state index is 0.0597. The van der Waals surface area contributed by atoms with Crippen LogP contribution in [0.4, 0.5) is 14.5 Å². The SMILES string of the molecule is CCc1cccc(NC(=O)CN2CCN(CC(F)F)CC2)c1. The molecule has 0 spiro atoms. The lowest BCUT2D eigenvalue weighted by Crippen LogP contribution is -2.49. The molecule has 22 heavy (non-hydrogen) atoms. The number of piperazine rings is 1. The van der Waals surface area contributed by atoms with Gasteiger partial charge in [0.05, 0.1) is 13.1 Å². The first-order valence-corrected chi connectivity index (χ1v) is 7.68. The monoisotopic (exact) mass is 311 g/mol. The Bertz CT molecular complexity index is 488. The van der Waals surface area contributed by atoms with Gasteiger partial charge in [0.2, 0.25) is 5.91 Å². The first kappa shape index (κ1) is 16.8. The van der Waals surface area contributed by atoms with E-state index in [-0.39, 0.29) is 12.5 Å². The molecule has 1 aliphatic rings. The zero-order chi connectivity index (χ0) is 15.9. The molecule has 0 bridgehead atoms. The molecule has 6 heteroatoms. The van der Waals surface area contributed by atoms with Crippen molar-refractivity contribution in [2.75, 3.05) is 44.6 Å². The van der Waals surface area contributed by atoms with Crippen LogP contribution in [0.5, 0.6) is 0 Å². The molecule has 1 aliphatic heterocycles. The maximum absolute atomic E-state index is 12.3. The fourth-order valence-corrected chi connectivity index (χ4v) is 2.60. The number of rotatable bonds is 6. The van der Waals surface area contributed by atoms with Gasteiger partial charge in [0.25, 0.3) is 6.43 Å². The molecule has 0 atom stereocenters. The second-order valence-corrected chi connectivity index (χ2v) is 5.57. The van der Waals surface area contributed by atoms with E-state index in [1.165, 1.54) is 5.56 Å². The largest absolute Gasteiger partial charge is 0.325 e. The minimum Gasteiger partial charge on any atom is -0.325 e. The Balaban J connectivity index is 1.76. The number of carbonyl (C=O) groups excluding carboxylic acids is 1. The summed E-state index contributed by atoms with van der Waals surface area (Å²) in [5.74, 6) is -0.0597. The predicted molar refractivity (Wildman–Crippen MR) is 83.3 cm³/mol. The van der Waals surface area contributed by atoms with Gasteiger partial charge in [-0.05, 0) is 24.1 Å². The number of anilines is 1. The number of hydrogen-bond acceptors (Lipinski definition) is 3. The molecule has 1 aromatic rings. The van der Waals surface area contributed by atoms with E-state index in [4.69, 9.17) is 0 Å². The van der Waals surface area contributed by atoms with E-state index in [0.29, 0.717) is 32.7 Å². The highest BCUT2D eigenvalue weighted by Crippen LogP contribution is 2.11. The fraction of sp³-hybridized carbons (Fsp3) is 0.562. The number of nitrogens with one attached hydrogen (secondary N) is 1. The van der Waals surface area contributed by atoms with Crippen molar-refractivity contribution in [2.24, 2.45) is 0 Å². The van der Waals surface area contributed by atoms with E-state index >= 15 is 0 Å². The van der Waals surface area contributed by atoms with Crippen LogP contribution < -0.4 is 5.32 Å². The lowest BCUT2D eigenvalue weighted by molar-refractivity contribution is -0.117. The van der Waals surface area contributed by atoms with Crippen LogP contribution in [-0.2, 0) is 11.2 Å². The number of carbonyl (C=O) groups is 1. The van der Waals surface area contributed by atoms with Crippen molar-refractivity contribution in [1.82, 2.24) is 9.80 Å². The van der Waals surface area contributed by atoms with E-state index < -0.39 is 6.43 Å². The topological polar surface area (TPSA) is 35.6 Å². The van der Waals surface area contributed by atoms with Crippen LogP contribution in [0.3, 0.4) is 0 Å². The standard InChI is InChI=1S/C16H23F2N3O/c1-2-13-4-3-5-14(10-13)19-16(22)12-21-8-6-20(7-9-21)11-15(17)18/h3-5,10,15H,2,6-9,11-12H2,1H3,(H,19,22). The summed E-state index contributed by atoms with van der Waals surface area (Å²) in [5, 5.41) is 2.89. The van der Waals surface area contributed by atoms with Gasteiger partial charge in [-0.25, -0.2) is 8.78 Å². The lowest BCUT2D eigenvalue weighted by Gasteiger charge is -2.33. The molecule has 1 fully saturated rings. The Morgan fingerprint density at radius 3 is 2.55 bits per heavy atom. The van der Waals surface area contributed by atoms with Gasteiger partial charge in [0, 0.05) is 31.9 Å². The second kappa shape index (κ2) is 8.19. The number of hydrogen-bond donors (Lipinski definition) is 1. The van der Waals surface area contributed by atoms with Gasteiger partial charge >= 0.3 is 0 Å². The molecule has 1 saturated heterocycles. The summed E-state index contributed by atoms with van der Waals surface area (Å²) in [6.07, 6.45) is -1.36. The third-order valence-corrected chi connectivity index (χ3v) is 3.85. The van der Waals surface area contributed by atoms with Crippen LogP contribution in [-0.4, -0.2) is 61.4 Å². The van der Waals surface area contributed by atoms with Gasteiger partial charge in [-0.2, -0.15) is 0 Å². The molecule has 122 valence electrons. The van der Waals surface area contributed by atoms with Crippen molar-refractivity contribution in [3.63, 3.8) is 0 Å². The van der Waals surface area contributed by atoms with Crippen molar-refractivity contribution >= 4 is 11.6 Å². The summed E-state index contributed by atoms with van der Waals surface area (Å²) in [4.78, 5) is 15.8. The molecule has 0 saturated carbocycles. The molecule has 1 N–H and O–H groups in total. The molecule has 1 amide bonds. The maximum Gasteiger partial charge on any atom is 0.251 e. The Hall–Kier alpha value is -1.53. The number of halogens is 2. The Labute approximate surface area is 130 Å². The average molecular weight is 311 g/mol. The molecule has 4 nitrogen and oxygen atoms in total. The second-order valence-electron chi connectivity index (χ2n) is 5.57. The highest BCUT2D eigenvalue weighted by Gasteiger charge is 2.20. The molecule has 2 rings (SSSR count). The summed E-state index contributed by atoms with van der Waals surface area (Å²) in [6.45, 7) is 4.67. The van der Waals surface area contributed by atoms with Crippen LogP contribution in [0.1, 0.15) is 12.5 Å². The molecule has 0 unspecified atom stereocenters. The van der Waals surface area contributed by atoms with Crippen LogP contribution in [0.15, 0.2) is 24.3 Å². The molecule has 0 aliphatic carbocycles. The quantitative estimate of drug-likeness (QED) is 0.873. The van der Waals surface area contributed by atoms with Crippen molar-refractivity contribution < 1.29 is 13.6 Å². The number of nitrogens with zero attached hydrogens (tertiary/aromatic N) is 2. The third-order valence-electron chi connectivity index (χ3n) is 3.85. The Kier molecular flexibility index (Phi) is 6.27. The molecule has 1 aromatic carbocycles. The summed E-state index contributed by atoms with van der Waals surface area (Å²) in [6, 6.07) is 7.80. The highest BCUT2D eigenvalue weighted by molar-refractivity contribution is 5.92. The Morgan fingerprint density at radius 1 is 1.23 bits per heavy atom. The molecule has 0 aromatic heterocycles. The van der Waals surface area contributed by atoms with Crippen LogP contribution >= 0.6 is 0 Å². The summed E-state index contributed by atoms with van der Waals surface area (Å²) >= 11 is 0. The predicted octanol–water partition coefficient (Wildman–Crippen LogP) is 2.07. The first-order chi connectivity index (χ1) is 10.6. The van der Waals surface area contributed by atoms with Crippen LogP contribution in [0.2, 0.25) is 0 Å². The van der Waals surface area contributed by atoms with Gasteiger partial charge in [0.15, 0.2) is 0 Å². The zero-order valence-electron chi connectivity index (χ0n) is 12.9. The number of alkyl halides is 2. The van der Waals surface area contributed by atoms with E-state index in [1.54, 1.807) is 4.90 Å². The average Bonchev–Trinajstić information content (AvgIpc) is 2.49. The van der Waals surface area contributed by atoms with E-state index in [0.717, 1.165) is 12.1 Å². The molecular formula is C16H23F2N3O. The van der Waals surface area contributed by atoms with Gasteiger partial charge in [-0.1, -0.05) is 19.1 Å². The van der Waals surface area contributed by atoms with Crippen molar-refractivity contribution in [1.29, 1.82) is 0 Å². The van der Waals surface area contributed by atoms with E-state index in [2.05, 4.69) is 12.2 Å². The third kappa shape index (κ3) is 5.35. The van der Waals surface area contributed by atoms with Gasteiger partial charge in [0.1, 0.15) is 0 Å². The molecular weight excluding hydrogens is 288 g/mol. The smallest absolute Gasteiger partial charge is 0.251 e. The highest BCUT2D eigenvalue weighted by atomic mass is 19.3. The maximum atomic E-state index is 12.3. The molecule has 1 heterocycles. The number of aryl methyl sites for hydroxylation is 1. The minimum atomic E-state index is -2.29. The lowest BCUT2D eigenvalue weighted by atomic mass is 10.1. The normalized spacial score (nSPS) is 16.9. The summed E-state index contributed by atoms with van der Waals surface area (Å²) in [7, 11) is 0. The van der Waals surface area contributed by atoms with Crippen LogP contribution in [0.25, 0.3) is 0 Å².